The van der Waals surface area contributed by atoms with Crippen LogP contribution in [0.15, 0.2) is 58.0 Å². The van der Waals surface area contributed by atoms with Gasteiger partial charge < -0.3 is 19.7 Å². The highest BCUT2D eigenvalue weighted by Gasteiger charge is 2.39. The Morgan fingerprint density at radius 2 is 1.64 bits per heavy atom. The summed E-state index contributed by atoms with van der Waals surface area (Å²) < 4.78 is 10.6. The highest BCUT2D eigenvalue weighted by Crippen LogP contribution is 2.39. The lowest BCUT2D eigenvalue weighted by molar-refractivity contribution is -0.139. The predicted molar refractivity (Wildman–Crippen MR) is 107 cm³/mol. The number of aliphatic imine (C=N–C) groups is 1. The lowest BCUT2D eigenvalue weighted by Crippen LogP contribution is -2.33. The van der Waals surface area contributed by atoms with Gasteiger partial charge in [-0.15, -0.1) is 0 Å². The SMILES string of the molecule is CCOC(=O)C1=C(C)NC(/N=C/N(C)C)=C(C(=O)OCC)C1c1ccccc1. The molecule has 150 valence electrons. The molecular formula is C21H27N3O4. The zero-order valence-corrected chi connectivity index (χ0v) is 17.0. The summed E-state index contributed by atoms with van der Waals surface area (Å²) in [6.45, 7) is 5.71. The number of dihydropyridines is 1. The quantitative estimate of drug-likeness (QED) is 0.441. The molecule has 1 heterocycles. The van der Waals surface area contributed by atoms with Crippen LogP contribution in [0.4, 0.5) is 0 Å². The summed E-state index contributed by atoms with van der Waals surface area (Å²) in [5.74, 6) is -1.29. The molecule has 1 atom stereocenters. The number of rotatable bonds is 7. The second-order valence-corrected chi connectivity index (χ2v) is 6.42. The molecule has 0 spiro atoms. The van der Waals surface area contributed by atoms with Crippen LogP contribution in [0, 0.1) is 0 Å². The van der Waals surface area contributed by atoms with E-state index < -0.39 is 17.9 Å². The molecule has 1 unspecified atom stereocenters. The second-order valence-electron chi connectivity index (χ2n) is 6.42. The lowest BCUT2D eigenvalue weighted by atomic mass is 9.81. The lowest BCUT2D eigenvalue weighted by Gasteiger charge is -2.30. The topological polar surface area (TPSA) is 80.2 Å². The van der Waals surface area contributed by atoms with Crippen LogP contribution in [0.25, 0.3) is 0 Å². The number of benzene rings is 1. The van der Waals surface area contributed by atoms with Crippen molar-refractivity contribution < 1.29 is 19.1 Å². The van der Waals surface area contributed by atoms with E-state index in [9.17, 15) is 9.59 Å². The fraction of sp³-hybridized carbons (Fsp3) is 0.381. The van der Waals surface area contributed by atoms with Gasteiger partial charge in [0, 0.05) is 19.8 Å². The number of hydrogen-bond donors (Lipinski definition) is 1. The zero-order chi connectivity index (χ0) is 20.7. The number of carbonyl (C=O) groups excluding carboxylic acids is 2. The van der Waals surface area contributed by atoms with E-state index in [1.807, 2.05) is 44.4 Å². The molecule has 0 bridgehead atoms. The molecule has 0 amide bonds. The molecule has 0 saturated heterocycles. The van der Waals surface area contributed by atoms with Gasteiger partial charge in [0.15, 0.2) is 0 Å². The van der Waals surface area contributed by atoms with Gasteiger partial charge in [0.2, 0.25) is 0 Å². The number of ether oxygens (including phenoxy) is 2. The van der Waals surface area contributed by atoms with E-state index in [-0.39, 0.29) is 18.8 Å². The Balaban J connectivity index is 2.70. The van der Waals surface area contributed by atoms with Gasteiger partial charge in [-0.25, -0.2) is 14.6 Å². The largest absolute Gasteiger partial charge is 0.463 e. The van der Waals surface area contributed by atoms with Crippen LogP contribution in [0.2, 0.25) is 0 Å². The first-order chi connectivity index (χ1) is 13.4. The molecule has 0 radical (unpaired) electrons. The molecule has 0 aliphatic carbocycles. The molecule has 0 aromatic heterocycles. The summed E-state index contributed by atoms with van der Waals surface area (Å²) in [5.41, 5.74) is 2.03. The third kappa shape index (κ3) is 4.79. The minimum atomic E-state index is -0.644. The minimum absolute atomic E-state index is 0.214. The minimum Gasteiger partial charge on any atom is -0.463 e. The summed E-state index contributed by atoms with van der Waals surface area (Å²) in [4.78, 5) is 31.8. The number of nitrogens with one attached hydrogen (secondary N) is 1. The molecule has 0 saturated carbocycles. The van der Waals surface area contributed by atoms with Crippen molar-refractivity contribution in [2.45, 2.75) is 26.7 Å². The average molecular weight is 385 g/mol. The number of carbonyl (C=O) groups is 2. The van der Waals surface area contributed by atoms with Crippen LogP contribution in [0.3, 0.4) is 0 Å². The van der Waals surface area contributed by atoms with E-state index in [0.717, 1.165) is 5.56 Å². The van der Waals surface area contributed by atoms with Gasteiger partial charge >= 0.3 is 11.9 Å². The Labute approximate surface area is 165 Å². The van der Waals surface area contributed by atoms with Gasteiger partial charge in [0.25, 0.3) is 0 Å². The molecule has 1 aromatic rings. The van der Waals surface area contributed by atoms with Crippen molar-refractivity contribution in [1.29, 1.82) is 0 Å². The Bertz CT molecular complexity index is 810. The zero-order valence-electron chi connectivity index (χ0n) is 17.0. The standard InChI is InChI=1S/C21H27N3O4/c1-6-27-20(25)16-14(3)23-19(22-13-24(4)5)18(21(26)28-7-2)17(16)15-11-9-8-10-12-15/h8-13,17,23H,6-7H2,1-5H3/b22-13+. The Morgan fingerprint density at radius 3 is 2.18 bits per heavy atom. The van der Waals surface area contributed by atoms with Crippen LogP contribution in [-0.2, 0) is 19.1 Å². The van der Waals surface area contributed by atoms with Gasteiger partial charge in [0.1, 0.15) is 5.82 Å². The van der Waals surface area contributed by atoms with E-state index in [1.165, 1.54) is 0 Å². The fourth-order valence-electron chi connectivity index (χ4n) is 2.97. The van der Waals surface area contributed by atoms with E-state index in [2.05, 4.69) is 10.3 Å². The smallest absolute Gasteiger partial charge is 0.338 e. The number of allylic oxidation sites excluding steroid dienone is 1. The fourth-order valence-corrected chi connectivity index (χ4v) is 2.97. The Hall–Kier alpha value is -3.09. The van der Waals surface area contributed by atoms with Gasteiger partial charge in [-0.3, -0.25) is 0 Å². The van der Waals surface area contributed by atoms with E-state index >= 15 is 0 Å². The van der Waals surface area contributed by atoms with Crippen molar-refractivity contribution in [2.24, 2.45) is 4.99 Å². The molecule has 7 nitrogen and oxygen atoms in total. The van der Waals surface area contributed by atoms with E-state index in [1.54, 1.807) is 32.0 Å². The molecule has 0 fully saturated rings. The summed E-state index contributed by atoms with van der Waals surface area (Å²) in [6.07, 6.45) is 1.59. The van der Waals surface area contributed by atoms with Crippen LogP contribution in [0.1, 0.15) is 32.3 Å². The van der Waals surface area contributed by atoms with Gasteiger partial charge in [-0.05, 0) is 26.3 Å². The van der Waals surface area contributed by atoms with Crippen molar-refractivity contribution in [3.05, 3.63) is 58.6 Å². The molecule has 1 aliphatic rings. The van der Waals surface area contributed by atoms with Crippen LogP contribution in [-0.4, -0.2) is 50.5 Å². The number of esters is 2. The maximum atomic E-state index is 12.9. The normalized spacial score (nSPS) is 16.8. The van der Waals surface area contributed by atoms with E-state index in [4.69, 9.17) is 9.47 Å². The van der Waals surface area contributed by atoms with Gasteiger partial charge in [0.05, 0.1) is 36.6 Å². The first kappa shape index (κ1) is 21.2. The monoisotopic (exact) mass is 385 g/mol. The second kappa shape index (κ2) is 9.73. The maximum Gasteiger partial charge on any atom is 0.338 e. The molecule has 28 heavy (non-hydrogen) atoms. The molecular weight excluding hydrogens is 358 g/mol. The predicted octanol–water partition coefficient (Wildman–Crippen LogP) is 2.58. The molecule has 1 aliphatic heterocycles. The highest BCUT2D eigenvalue weighted by molar-refractivity contribution is 6.00. The van der Waals surface area contributed by atoms with Crippen LogP contribution in [0.5, 0.6) is 0 Å². The summed E-state index contributed by atoms with van der Waals surface area (Å²) in [6, 6.07) is 9.34. The first-order valence-corrected chi connectivity index (χ1v) is 9.22. The van der Waals surface area contributed by atoms with Crippen molar-refractivity contribution in [2.75, 3.05) is 27.3 Å². The molecule has 7 heteroatoms. The third-order valence-electron chi connectivity index (χ3n) is 4.08. The Kier molecular flexibility index (Phi) is 7.37. The van der Waals surface area contributed by atoms with Gasteiger partial charge in [-0.2, -0.15) is 0 Å². The van der Waals surface area contributed by atoms with E-state index in [0.29, 0.717) is 17.1 Å². The number of hydrogen-bond acceptors (Lipinski definition) is 6. The molecule has 1 aromatic carbocycles. The van der Waals surface area contributed by atoms with Crippen LogP contribution < -0.4 is 5.32 Å². The van der Waals surface area contributed by atoms with Gasteiger partial charge in [-0.1, -0.05) is 30.3 Å². The molecule has 1 N–H and O–H groups in total. The van der Waals surface area contributed by atoms with Crippen molar-refractivity contribution in [1.82, 2.24) is 10.2 Å². The van der Waals surface area contributed by atoms with Crippen molar-refractivity contribution >= 4 is 18.3 Å². The van der Waals surface area contributed by atoms with Crippen molar-refractivity contribution in [3.8, 4) is 0 Å². The van der Waals surface area contributed by atoms with Crippen molar-refractivity contribution in [3.63, 3.8) is 0 Å². The average Bonchev–Trinajstić information content (AvgIpc) is 2.66. The van der Waals surface area contributed by atoms with Crippen LogP contribution >= 0.6 is 0 Å². The highest BCUT2D eigenvalue weighted by atomic mass is 16.5. The third-order valence-corrected chi connectivity index (χ3v) is 4.08. The summed E-state index contributed by atoms with van der Waals surface area (Å²) in [7, 11) is 3.66. The number of nitrogens with zero attached hydrogens (tertiary/aromatic N) is 2. The molecule has 2 rings (SSSR count). The summed E-state index contributed by atoms with van der Waals surface area (Å²) >= 11 is 0. The first-order valence-electron chi connectivity index (χ1n) is 9.22. The Morgan fingerprint density at radius 1 is 1.07 bits per heavy atom. The summed E-state index contributed by atoms with van der Waals surface area (Å²) in [5, 5.41) is 3.08. The maximum absolute atomic E-state index is 12.9.